The molecule has 1 saturated carbocycles. The summed E-state index contributed by atoms with van der Waals surface area (Å²) in [5.74, 6) is -0.567. The zero-order valence-corrected chi connectivity index (χ0v) is 24.5. The predicted octanol–water partition coefficient (Wildman–Crippen LogP) is 4.84. The molecule has 7 nitrogen and oxygen atoms in total. The molecule has 2 spiro atoms. The molecule has 2 aromatic heterocycles. The maximum atomic E-state index is 14.2. The number of anilines is 1. The largest absolute Gasteiger partial charge is 0.330 e. The van der Waals surface area contributed by atoms with E-state index in [1.807, 2.05) is 49.4 Å². The van der Waals surface area contributed by atoms with Crippen LogP contribution in [0.5, 0.6) is 0 Å². The van der Waals surface area contributed by atoms with Crippen LogP contribution in [0.4, 0.5) is 14.6 Å². The Labute approximate surface area is 250 Å². The molecule has 43 heavy (non-hydrogen) atoms. The average molecular weight is 584 g/mol. The van der Waals surface area contributed by atoms with Gasteiger partial charge in [-0.15, -0.1) is 0 Å². The molecule has 1 N–H and O–H groups in total. The maximum absolute atomic E-state index is 14.2. The molecule has 2 atom stereocenters. The van der Waals surface area contributed by atoms with Crippen molar-refractivity contribution >= 4 is 23.7 Å². The van der Waals surface area contributed by atoms with Gasteiger partial charge in [-0.2, -0.15) is 0 Å². The van der Waals surface area contributed by atoms with Crippen LogP contribution >= 0.6 is 0 Å². The number of piperazine rings is 1. The van der Waals surface area contributed by atoms with Crippen molar-refractivity contribution in [1.82, 2.24) is 19.8 Å². The third-order valence-electron chi connectivity index (χ3n) is 10.2. The second-order valence-corrected chi connectivity index (χ2v) is 13.0. The van der Waals surface area contributed by atoms with Gasteiger partial charge >= 0.3 is 0 Å². The van der Waals surface area contributed by atoms with Gasteiger partial charge < -0.3 is 10.2 Å². The summed E-state index contributed by atoms with van der Waals surface area (Å²) in [6.45, 7) is 2.98. The maximum Gasteiger partial charge on any atom is 0.243 e. The SMILES string of the molecule is CN1CC(C)(Cc2cc(F)cc(F)c2)N(CC=Cc2cnc3c(c2)CC2(C3)C(=O)Nc3ncccc32)C(=O)C12CCCC2. The summed E-state index contributed by atoms with van der Waals surface area (Å²) in [6.07, 6.45) is 12.5. The third-order valence-corrected chi connectivity index (χ3v) is 10.2. The van der Waals surface area contributed by atoms with Crippen LogP contribution in [0.3, 0.4) is 0 Å². The summed E-state index contributed by atoms with van der Waals surface area (Å²) >= 11 is 0. The number of benzene rings is 1. The molecule has 2 fully saturated rings. The monoisotopic (exact) mass is 583 g/mol. The molecule has 2 unspecified atom stereocenters. The first-order valence-electron chi connectivity index (χ1n) is 15.0. The van der Waals surface area contributed by atoms with Crippen molar-refractivity contribution in [1.29, 1.82) is 0 Å². The summed E-state index contributed by atoms with van der Waals surface area (Å²) in [7, 11) is 2.00. The van der Waals surface area contributed by atoms with E-state index >= 15 is 0 Å². The van der Waals surface area contributed by atoms with Crippen molar-refractivity contribution in [2.45, 2.75) is 68.4 Å². The Hall–Kier alpha value is -3.98. The zero-order valence-electron chi connectivity index (χ0n) is 24.5. The van der Waals surface area contributed by atoms with Crippen LogP contribution in [0.15, 0.2) is 54.9 Å². The van der Waals surface area contributed by atoms with Crippen LogP contribution in [-0.4, -0.2) is 62.8 Å². The fourth-order valence-corrected chi connectivity index (χ4v) is 8.09. The molecule has 7 rings (SSSR count). The van der Waals surface area contributed by atoms with Gasteiger partial charge in [0, 0.05) is 49.2 Å². The van der Waals surface area contributed by atoms with Crippen LogP contribution in [0.1, 0.15) is 60.6 Å². The second kappa shape index (κ2) is 10.0. The normalized spacial score (nSPS) is 26.1. The number of rotatable bonds is 5. The highest BCUT2D eigenvalue weighted by Crippen LogP contribution is 2.46. The first-order chi connectivity index (χ1) is 20.6. The molecule has 222 valence electrons. The van der Waals surface area contributed by atoms with E-state index in [9.17, 15) is 18.4 Å². The average Bonchev–Trinajstić information content (AvgIpc) is 3.66. The fraction of sp³-hybridized carbons (Fsp3) is 0.412. The highest BCUT2D eigenvalue weighted by Gasteiger charge is 2.55. The Morgan fingerprint density at radius 1 is 1.05 bits per heavy atom. The van der Waals surface area contributed by atoms with Crippen LogP contribution in [0, 0.1) is 11.6 Å². The molecule has 1 saturated heterocycles. The molecule has 4 heterocycles. The van der Waals surface area contributed by atoms with Crippen LogP contribution in [-0.2, 0) is 34.3 Å². The van der Waals surface area contributed by atoms with E-state index in [1.165, 1.54) is 12.1 Å². The number of pyridine rings is 2. The Morgan fingerprint density at radius 2 is 1.81 bits per heavy atom. The number of amides is 2. The molecule has 0 radical (unpaired) electrons. The van der Waals surface area contributed by atoms with Crippen molar-refractivity contribution in [2.24, 2.45) is 0 Å². The minimum Gasteiger partial charge on any atom is -0.330 e. The molecular formula is C34H35F2N5O2. The zero-order chi connectivity index (χ0) is 30.0. The smallest absolute Gasteiger partial charge is 0.243 e. The number of halogens is 2. The minimum absolute atomic E-state index is 0.0387. The number of hydrogen-bond acceptors (Lipinski definition) is 5. The van der Waals surface area contributed by atoms with Gasteiger partial charge in [0.25, 0.3) is 0 Å². The van der Waals surface area contributed by atoms with E-state index in [0.29, 0.717) is 43.7 Å². The van der Waals surface area contributed by atoms with Gasteiger partial charge in [-0.05, 0) is 80.6 Å². The van der Waals surface area contributed by atoms with Gasteiger partial charge in [-0.25, -0.2) is 13.8 Å². The first kappa shape index (κ1) is 27.8. The van der Waals surface area contributed by atoms with Crippen molar-refractivity contribution in [3.8, 4) is 0 Å². The first-order valence-corrected chi connectivity index (χ1v) is 15.0. The molecule has 1 aromatic carbocycles. The van der Waals surface area contributed by atoms with Gasteiger partial charge in [0.1, 0.15) is 23.0 Å². The lowest BCUT2D eigenvalue weighted by atomic mass is 9.80. The standard InChI is InChI=1S/C34H35F2N5O2/c1-32(17-23-14-25(35)16-26(36)15-23)21-40(2)34(9-3-4-10-34)31(43)41(32)12-6-7-22-13-24-18-33(19-28(24)38-20-22)27-8-5-11-37-29(27)39-30(33)42/h5-8,11,13-16,20H,3-4,9-10,12,17-19,21H2,1-2H3,(H,37,39,42). The van der Waals surface area contributed by atoms with Crippen molar-refractivity contribution < 1.29 is 18.4 Å². The third kappa shape index (κ3) is 4.47. The van der Waals surface area contributed by atoms with Gasteiger partial charge in [0.05, 0.1) is 11.0 Å². The lowest BCUT2D eigenvalue weighted by Gasteiger charge is -2.55. The molecule has 2 aliphatic heterocycles. The van der Waals surface area contributed by atoms with E-state index in [-0.39, 0.29) is 11.8 Å². The second-order valence-electron chi connectivity index (χ2n) is 13.0. The van der Waals surface area contributed by atoms with Crippen molar-refractivity contribution in [2.75, 3.05) is 25.5 Å². The minimum atomic E-state index is -0.679. The van der Waals surface area contributed by atoms with Gasteiger partial charge in [-0.1, -0.05) is 31.1 Å². The molecule has 9 heteroatoms. The molecule has 2 aliphatic carbocycles. The van der Waals surface area contributed by atoms with Crippen molar-refractivity contribution in [3.05, 3.63) is 94.5 Å². The quantitative estimate of drug-likeness (QED) is 0.465. The number of fused-ring (bicyclic) bond motifs is 3. The van der Waals surface area contributed by atoms with E-state index in [4.69, 9.17) is 4.98 Å². The van der Waals surface area contributed by atoms with E-state index in [0.717, 1.165) is 54.1 Å². The Kier molecular flexibility index (Phi) is 6.50. The Bertz CT molecular complexity index is 1650. The highest BCUT2D eigenvalue weighted by molar-refractivity contribution is 6.06. The Balaban J connectivity index is 1.15. The number of aromatic nitrogens is 2. The molecular weight excluding hydrogens is 548 g/mol. The lowest BCUT2D eigenvalue weighted by molar-refractivity contribution is -0.161. The van der Waals surface area contributed by atoms with Gasteiger partial charge in [0.2, 0.25) is 11.8 Å². The fourth-order valence-electron chi connectivity index (χ4n) is 8.09. The van der Waals surface area contributed by atoms with E-state index < -0.39 is 28.1 Å². The van der Waals surface area contributed by atoms with Crippen molar-refractivity contribution in [3.63, 3.8) is 0 Å². The molecule has 2 amide bonds. The summed E-state index contributed by atoms with van der Waals surface area (Å²) in [5, 5.41) is 2.93. The molecule has 4 aliphatic rings. The summed E-state index contributed by atoms with van der Waals surface area (Å²) < 4.78 is 28.2. The number of nitrogens with one attached hydrogen (secondary N) is 1. The van der Waals surface area contributed by atoms with Gasteiger partial charge in [0.15, 0.2) is 0 Å². The van der Waals surface area contributed by atoms with Crippen LogP contribution < -0.4 is 5.32 Å². The molecule has 0 bridgehead atoms. The number of hydrogen-bond donors (Lipinski definition) is 1. The van der Waals surface area contributed by atoms with E-state index in [2.05, 4.69) is 21.3 Å². The molecule has 3 aromatic rings. The van der Waals surface area contributed by atoms with Gasteiger partial charge in [-0.3, -0.25) is 19.5 Å². The number of carbonyl (C=O) groups excluding carboxylic acids is 2. The number of carbonyl (C=O) groups is 2. The lowest BCUT2D eigenvalue weighted by Crippen LogP contribution is -2.72. The summed E-state index contributed by atoms with van der Waals surface area (Å²) in [5.41, 5.74) is 2.42. The van der Waals surface area contributed by atoms with Crippen LogP contribution in [0.25, 0.3) is 6.08 Å². The number of likely N-dealkylation sites (N-methyl/N-ethyl adjacent to an activating group) is 1. The number of nitrogens with zero attached hydrogens (tertiary/aromatic N) is 4. The van der Waals surface area contributed by atoms with E-state index in [1.54, 1.807) is 6.20 Å². The topological polar surface area (TPSA) is 78.4 Å². The summed E-state index contributed by atoms with van der Waals surface area (Å²) in [6, 6.07) is 9.49. The summed E-state index contributed by atoms with van der Waals surface area (Å²) in [4.78, 5) is 40.4. The Morgan fingerprint density at radius 3 is 2.58 bits per heavy atom. The highest BCUT2D eigenvalue weighted by atomic mass is 19.1. The van der Waals surface area contributed by atoms with Crippen LogP contribution in [0.2, 0.25) is 0 Å². The predicted molar refractivity (Wildman–Crippen MR) is 159 cm³/mol.